The molecule has 0 radical (unpaired) electrons. The normalized spacial score (nSPS) is 9.88. The van der Waals surface area contributed by atoms with E-state index in [1.165, 1.54) is 0 Å². The molecule has 1 heterocycles. The molecule has 0 amide bonds. The van der Waals surface area contributed by atoms with Crippen molar-refractivity contribution in [3.8, 4) is 17.4 Å². The Morgan fingerprint density at radius 1 is 1.12 bits per heavy atom. The summed E-state index contributed by atoms with van der Waals surface area (Å²) in [5, 5.41) is 0. The highest BCUT2D eigenvalue weighted by molar-refractivity contribution is 9.10. The molecule has 4 heteroatoms. The van der Waals surface area contributed by atoms with Crippen LogP contribution in [0.1, 0.15) is 0 Å². The standard InChI is InChI=1S/C12H10BrNO2/c1-15-9-4-2-5-10(8-9)16-12-11(13)6-3-7-14-12/h2-8H,1H3. The van der Waals surface area contributed by atoms with Gasteiger partial charge in [0.25, 0.3) is 0 Å². The number of hydrogen-bond donors (Lipinski definition) is 0. The van der Waals surface area contributed by atoms with E-state index in [1.807, 2.05) is 30.3 Å². The highest BCUT2D eigenvalue weighted by Crippen LogP contribution is 2.28. The summed E-state index contributed by atoms with van der Waals surface area (Å²) in [6.07, 6.45) is 1.68. The SMILES string of the molecule is COc1cccc(Oc2ncccc2Br)c1. The summed E-state index contributed by atoms with van der Waals surface area (Å²) in [5.41, 5.74) is 0. The highest BCUT2D eigenvalue weighted by Gasteiger charge is 2.03. The van der Waals surface area contributed by atoms with Gasteiger partial charge < -0.3 is 9.47 Å². The lowest BCUT2D eigenvalue weighted by Gasteiger charge is -2.07. The molecular formula is C12H10BrNO2. The summed E-state index contributed by atoms with van der Waals surface area (Å²) in [6.45, 7) is 0. The predicted molar refractivity (Wildman–Crippen MR) is 65.0 cm³/mol. The molecule has 0 bridgehead atoms. The maximum Gasteiger partial charge on any atom is 0.233 e. The Labute approximate surface area is 102 Å². The summed E-state index contributed by atoms with van der Waals surface area (Å²) < 4.78 is 11.5. The smallest absolute Gasteiger partial charge is 0.233 e. The van der Waals surface area contributed by atoms with Crippen molar-refractivity contribution in [3.63, 3.8) is 0 Å². The fraction of sp³-hybridized carbons (Fsp3) is 0.0833. The fourth-order valence-corrected chi connectivity index (χ4v) is 1.56. The first-order chi connectivity index (χ1) is 7.79. The van der Waals surface area contributed by atoms with Crippen LogP contribution in [-0.2, 0) is 0 Å². The Morgan fingerprint density at radius 3 is 2.69 bits per heavy atom. The lowest BCUT2D eigenvalue weighted by molar-refractivity contribution is 0.407. The maximum atomic E-state index is 5.61. The Bertz CT molecular complexity index is 488. The molecule has 0 spiro atoms. The average Bonchev–Trinajstić information content (AvgIpc) is 2.32. The molecule has 1 aromatic carbocycles. The first-order valence-corrected chi connectivity index (χ1v) is 5.51. The van der Waals surface area contributed by atoms with E-state index in [1.54, 1.807) is 19.4 Å². The second-order valence-electron chi connectivity index (χ2n) is 3.07. The van der Waals surface area contributed by atoms with Crippen molar-refractivity contribution in [1.29, 1.82) is 0 Å². The van der Waals surface area contributed by atoms with Crippen LogP contribution < -0.4 is 9.47 Å². The summed E-state index contributed by atoms with van der Waals surface area (Å²) in [7, 11) is 1.62. The second kappa shape index (κ2) is 4.99. The molecular weight excluding hydrogens is 270 g/mol. The van der Waals surface area contributed by atoms with E-state index in [0.717, 1.165) is 10.2 Å². The number of rotatable bonds is 3. The van der Waals surface area contributed by atoms with Crippen molar-refractivity contribution in [1.82, 2.24) is 4.98 Å². The summed E-state index contributed by atoms with van der Waals surface area (Å²) in [5.74, 6) is 1.99. The van der Waals surface area contributed by atoms with E-state index in [2.05, 4.69) is 20.9 Å². The number of benzene rings is 1. The molecule has 0 aliphatic carbocycles. The van der Waals surface area contributed by atoms with E-state index < -0.39 is 0 Å². The number of pyridine rings is 1. The van der Waals surface area contributed by atoms with Crippen molar-refractivity contribution in [2.24, 2.45) is 0 Å². The topological polar surface area (TPSA) is 31.4 Å². The Balaban J connectivity index is 2.24. The molecule has 2 aromatic rings. The van der Waals surface area contributed by atoms with Gasteiger partial charge in [-0.3, -0.25) is 0 Å². The molecule has 0 atom stereocenters. The summed E-state index contributed by atoms with van der Waals surface area (Å²) in [4.78, 5) is 4.12. The first kappa shape index (κ1) is 11.0. The van der Waals surface area contributed by atoms with Gasteiger partial charge in [-0.2, -0.15) is 0 Å². The first-order valence-electron chi connectivity index (χ1n) is 4.72. The number of aromatic nitrogens is 1. The molecule has 0 unspecified atom stereocenters. The molecule has 2 rings (SSSR count). The third-order valence-electron chi connectivity index (χ3n) is 1.98. The van der Waals surface area contributed by atoms with Crippen molar-refractivity contribution >= 4 is 15.9 Å². The van der Waals surface area contributed by atoms with Crippen molar-refractivity contribution < 1.29 is 9.47 Å². The molecule has 1 aromatic heterocycles. The van der Waals surface area contributed by atoms with E-state index in [0.29, 0.717) is 11.6 Å². The molecule has 82 valence electrons. The Hall–Kier alpha value is -1.55. The van der Waals surface area contributed by atoms with Gasteiger partial charge in [0.05, 0.1) is 11.6 Å². The van der Waals surface area contributed by atoms with E-state index in [9.17, 15) is 0 Å². The molecule has 0 saturated carbocycles. The second-order valence-corrected chi connectivity index (χ2v) is 3.93. The number of ether oxygens (including phenoxy) is 2. The zero-order valence-corrected chi connectivity index (χ0v) is 10.3. The predicted octanol–water partition coefficient (Wildman–Crippen LogP) is 3.65. The monoisotopic (exact) mass is 279 g/mol. The van der Waals surface area contributed by atoms with Gasteiger partial charge in [0.1, 0.15) is 11.5 Å². The molecule has 0 N–H and O–H groups in total. The number of methoxy groups -OCH3 is 1. The number of hydrogen-bond acceptors (Lipinski definition) is 3. The van der Waals surface area contributed by atoms with Gasteiger partial charge in [0.15, 0.2) is 0 Å². The van der Waals surface area contributed by atoms with Gasteiger partial charge in [0, 0.05) is 12.3 Å². The van der Waals surface area contributed by atoms with Crippen LogP contribution in [0.3, 0.4) is 0 Å². The third-order valence-corrected chi connectivity index (χ3v) is 2.58. The van der Waals surface area contributed by atoms with Crippen molar-refractivity contribution in [3.05, 3.63) is 47.1 Å². The van der Waals surface area contributed by atoms with Crippen LogP contribution in [0, 0.1) is 0 Å². The molecule has 0 aliphatic heterocycles. The summed E-state index contributed by atoms with van der Waals surface area (Å²) in [6, 6.07) is 11.1. The molecule has 0 saturated heterocycles. The third kappa shape index (κ3) is 2.52. The molecule has 0 aliphatic rings. The largest absolute Gasteiger partial charge is 0.497 e. The van der Waals surface area contributed by atoms with Gasteiger partial charge in [-0.05, 0) is 40.2 Å². The molecule has 0 fully saturated rings. The van der Waals surface area contributed by atoms with Gasteiger partial charge in [-0.1, -0.05) is 6.07 Å². The molecule has 16 heavy (non-hydrogen) atoms. The number of nitrogens with zero attached hydrogens (tertiary/aromatic N) is 1. The minimum atomic E-state index is 0.538. The van der Waals surface area contributed by atoms with Crippen LogP contribution in [0.5, 0.6) is 17.4 Å². The van der Waals surface area contributed by atoms with E-state index in [-0.39, 0.29) is 0 Å². The fourth-order valence-electron chi connectivity index (χ4n) is 1.22. The van der Waals surface area contributed by atoms with Gasteiger partial charge >= 0.3 is 0 Å². The van der Waals surface area contributed by atoms with E-state index in [4.69, 9.17) is 9.47 Å². The van der Waals surface area contributed by atoms with Crippen LogP contribution in [0.2, 0.25) is 0 Å². The minimum Gasteiger partial charge on any atom is -0.497 e. The van der Waals surface area contributed by atoms with Crippen LogP contribution >= 0.6 is 15.9 Å². The average molecular weight is 280 g/mol. The maximum absolute atomic E-state index is 5.61. The number of halogens is 1. The van der Waals surface area contributed by atoms with Gasteiger partial charge in [-0.25, -0.2) is 4.98 Å². The lowest BCUT2D eigenvalue weighted by atomic mass is 10.3. The van der Waals surface area contributed by atoms with Crippen LogP contribution in [-0.4, -0.2) is 12.1 Å². The quantitative estimate of drug-likeness (QED) is 0.860. The zero-order valence-electron chi connectivity index (χ0n) is 8.68. The van der Waals surface area contributed by atoms with Crippen molar-refractivity contribution in [2.75, 3.05) is 7.11 Å². The van der Waals surface area contributed by atoms with Crippen LogP contribution in [0.25, 0.3) is 0 Å². The Kier molecular flexibility index (Phi) is 3.41. The lowest BCUT2D eigenvalue weighted by Crippen LogP contribution is -1.89. The van der Waals surface area contributed by atoms with Crippen molar-refractivity contribution in [2.45, 2.75) is 0 Å². The van der Waals surface area contributed by atoms with Crippen LogP contribution in [0.15, 0.2) is 47.1 Å². The Morgan fingerprint density at radius 2 is 1.94 bits per heavy atom. The van der Waals surface area contributed by atoms with Crippen LogP contribution in [0.4, 0.5) is 0 Å². The minimum absolute atomic E-state index is 0.538. The van der Waals surface area contributed by atoms with E-state index >= 15 is 0 Å². The van der Waals surface area contributed by atoms with Gasteiger partial charge in [0.2, 0.25) is 5.88 Å². The highest BCUT2D eigenvalue weighted by atomic mass is 79.9. The zero-order chi connectivity index (χ0) is 11.4. The van der Waals surface area contributed by atoms with Gasteiger partial charge in [-0.15, -0.1) is 0 Å². The molecule has 3 nitrogen and oxygen atoms in total. The summed E-state index contributed by atoms with van der Waals surface area (Å²) >= 11 is 3.37.